The van der Waals surface area contributed by atoms with Gasteiger partial charge < -0.3 is 19.4 Å². The van der Waals surface area contributed by atoms with E-state index < -0.39 is 0 Å². The van der Waals surface area contributed by atoms with Crippen LogP contribution in [0.1, 0.15) is 36.1 Å². The highest BCUT2D eigenvalue weighted by molar-refractivity contribution is 5.77. The van der Waals surface area contributed by atoms with Crippen LogP contribution >= 0.6 is 0 Å². The van der Waals surface area contributed by atoms with E-state index in [2.05, 4.69) is 52.3 Å². The minimum atomic E-state index is 0.0846. The molecule has 5 nitrogen and oxygen atoms in total. The molecule has 1 aliphatic heterocycles. The maximum atomic E-state index is 12.6. The lowest BCUT2D eigenvalue weighted by Crippen LogP contribution is -2.31. The zero-order chi connectivity index (χ0) is 21.9. The van der Waals surface area contributed by atoms with E-state index in [0.29, 0.717) is 19.4 Å². The van der Waals surface area contributed by atoms with E-state index in [1.165, 1.54) is 28.1 Å². The van der Waals surface area contributed by atoms with Crippen molar-refractivity contribution >= 4 is 5.91 Å². The molecule has 3 aromatic rings. The Kier molecular flexibility index (Phi) is 5.99. The fraction of sp³-hybridized carbons (Fsp3) is 0.370. The van der Waals surface area contributed by atoms with Gasteiger partial charge in [-0.15, -0.1) is 0 Å². The molecule has 1 amide bonds. The van der Waals surface area contributed by atoms with E-state index in [4.69, 9.17) is 9.47 Å². The molecule has 1 N–H and O–H groups in total. The molecule has 1 saturated heterocycles. The normalized spacial score (nSPS) is 17.0. The second-order valence-corrected chi connectivity index (χ2v) is 8.64. The number of nitrogens with zero attached hydrogens (tertiary/aromatic N) is 1. The topological polar surface area (TPSA) is 52.5 Å². The largest absolute Gasteiger partial charge is 0.497 e. The van der Waals surface area contributed by atoms with Crippen LogP contribution < -0.4 is 10.1 Å². The monoisotopic (exact) mass is 430 g/mol. The van der Waals surface area contributed by atoms with Crippen molar-refractivity contribution in [2.24, 2.45) is 0 Å². The molecule has 0 spiro atoms. The second-order valence-electron chi connectivity index (χ2n) is 8.64. The average molecular weight is 431 g/mol. The molecule has 2 aliphatic rings. The van der Waals surface area contributed by atoms with E-state index in [-0.39, 0.29) is 12.0 Å². The predicted molar refractivity (Wildman–Crippen MR) is 125 cm³/mol. The Hall–Kier alpha value is -3.05. The Bertz CT molecular complexity index is 1090. The van der Waals surface area contributed by atoms with Gasteiger partial charge in [-0.1, -0.05) is 24.3 Å². The lowest BCUT2D eigenvalue weighted by atomic mass is 9.90. The van der Waals surface area contributed by atoms with Crippen molar-refractivity contribution in [2.75, 3.05) is 20.3 Å². The van der Waals surface area contributed by atoms with E-state index in [1.54, 1.807) is 7.11 Å². The molecule has 0 bridgehead atoms. The molecule has 2 aromatic carbocycles. The number of carbonyl (C=O) groups is 1. The standard InChI is InChI=1S/C27H30N2O3/c1-31-23-13-10-21(11-14-23)29-22(12-15-26(30)28-18-24-6-4-16-32-24)17-20-9-8-19-5-2-3-7-25(19)27(20)29/h2-3,5,7,10-11,13-14,17,24H,4,6,8-9,12,15-16,18H2,1H3,(H,28,30)/t24-/m0/s1. The number of carbonyl (C=O) groups excluding carboxylic acids is 1. The molecule has 0 unspecified atom stereocenters. The Morgan fingerprint density at radius 2 is 1.94 bits per heavy atom. The summed E-state index contributed by atoms with van der Waals surface area (Å²) in [5.74, 6) is 0.923. The van der Waals surface area contributed by atoms with Crippen LogP contribution in [0.5, 0.6) is 5.75 Å². The number of aromatic nitrogens is 1. The van der Waals surface area contributed by atoms with E-state index in [1.807, 2.05) is 12.1 Å². The summed E-state index contributed by atoms with van der Waals surface area (Å²) in [6.45, 7) is 1.42. The van der Waals surface area contributed by atoms with Crippen LogP contribution in [-0.2, 0) is 28.8 Å². The molecule has 1 aromatic heterocycles. The van der Waals surface area contributed by atoms with Gasteiger partial charge in [0.25, 0.3) is 0 Å². The summed E-state index contributed by atoms with van der Waals surface area (Å²) in [4.78, 5) is 12.6. The number of hydrogen-bond acceptors (Lipinski definition) is 3. The van der Waals surface area contributed by atoms with Crippen LogP contribution in [0.3, 0.4) is 0 Å². The molecule has 1 aliphatic carbocycles. The molecule has 5 heteroatoms. The number of methoxy groups -OCH3 is 1. The third-order valence-electron chi connectivity index (χ3n) is 6.58. The third-order valence-corrected chi connectivity index (χ3v) is 6.58. The number of amides is 1. The number of nitrogens with one attached hydrogen (secondary N) is 1. The minimum Gasteiger partial charge on any atom is -0.497 e. The van der Waals surface area contributed by atoms with Gasteiger partial charge in [-0.25, -0.2) is 0 Å². The average Bonchev–Trinajstić information content (AvgIpc) is 3.49. The van der Waals surface area contributed by atoms with E-state index in [0.717, 1.165) is 43.7 Å². The van der Waals surface area contributed by atoms with Crippen molar-refractivity contribution in [1.29, 1.82) is 0 Å². The number of rotatable bonds is 7. The lowest BCUT2D eigenvalue weighted by molar-refractivity contribution is -0.121. The van der Waals surface area contributed by atoms with Crippen LogP contribution in [0.2, 0.25) is 0 Å². The summed E-state index contributed by atoms with van der Waals surface area (Å²) in [7, 11) is 1.68. The highest BCUT2D eigenvalue weighted by atomic mass is 16.5. The molecule has 32 heavy (non-hydrogen) atoms. The van der Waals surface area contributed by atoms with Crippen molar-refractivity contribution in [3.63, 3.8) is 0 Å². The molecule has 2 heterocycles. The molecule has 1 fully saturated rings. The first-order valence-corrected chi connectivity index (χ1v) is 11.6. The maximum Gasteiger partial charge on any atom is 0.220 e. The van der Waals surface area contributed by atoms with Gasteiger partial charge in [0.15, 0.2) is 0 Å². The lowest BCUT2D eigenvalue weighted by Gasteiger charge is -2.21. The summed E-state index contributed by atoms with van der Waals surface area (Å²) >= 11 is 0. The fourth-order valence-corrected chi connectivity index (χ4v) is 4.92. The van der Waals surface area contributed by atoms with Crippen molar-refractivity contribution in [3.05, 3.63) is 71.4 Å². The van der Waals surface area contributed by atoms with Gasteiger partial charge in [0.2, 0.25) is 5.91 Å². The molecule has 166 valence electrons. The third kappa shape index (κ3) is 4.17. The SMILES string of the molecule is COc1ccc(-n2c(CCC(=O)NC[C@@H]3CCCO3)cc3c2-c2ccccc2CC3)cc1. The summed E-state index contributed by atoms with van der Waals surface area (Å²) in [6, 6.07) is 19.1. The van der Waals surface area contributed by atoms with Gasteiger partial charge in [0.1, 0.15) is 5.75 Å². The Morgan fingerprint density at radius 1 is 1.12 bits per heavy atom. The minimum absolute atomic E-state index is 0.0846. The zero-order valence-corrected chi connectivity index (χ0v) is 18.6. The van der Waals surface area contributed by atoms with Gasteiger partial charge in [-0.3, -0.25) is 4.79 Å². The van der Waals surface area contributed by atoms with Gasteiger partial charge in [-0.2, -0.15) is 0 Å². The number of ether oxygens (including phenoxy) is 2. The van der Waals surface area contributed by atoms with Gasteiger partial charge in [0.05, 0.1) is 18.9 Å². The summed E-state index contributed by atoms with van der Waals surface area (Å²) in [6.07, 6.45) is 5.53. The Morgan fingerprint density at radius 3 is 2.72 bits per heavy atom. The number of benzene rings is 2. The number of aryl methyl sites for hydroxylation is 3. The Balaban J connectivity index is 1.43. The van der Waals surface area contributed by atoms with Crippen LogP contribution in [0, 0.1) is 0 Å². The summed E-state index contributed by atoms with van der Waals surface area (Å²) < 4.78 is 13.3. The van der Waals surface area contributed by atoms with Crippen LogP contribution in [0.15, 0.2) is 54.6 Å². The number of fused-ring (bicyclic) bond motifs is 3. The van der Waals surface area contributed by atoms with Gasteiger partial charge in [0, 0.05) is 36.5 Å². The fourth-order valence-electron chi connectivity index (χ4n) is 4.92. The number of hydrogen-bond donors (Lipinski definition) is 1. The first-order chi connectivity index (χ1) is 15.7. The van der Waals surface area contributed by atoms with Crippen molar-refractivity contribution < 1.29 is 14.3 Å². The van der Waals surface area contributed by atoms with Crippen LogP contribution in [0.25, 0.3) is 16.9 Å². The highest BCUT2D eigenvalue weighted by Gasteiger charge is 2.24. The zero-order valence-electron chi connectivity index (χ0n) is 18.6. The van der Waals surface area contributed by atoms with Gasteiger partial charge in [-0.05, 0) is 73.6 Å². The molecule has 0 radical (unpaired) electrons. The smallest absolute Gasteiger partial charge is 0.220 e. The van der Waals surface area contributed by atoms with E-state index in [9.17, 15) is 4.79 Å². The van der Waals surface area contributed by atoms with Crippen molar-refractivity contribution in [2.45, 2.75) is 44.6 Å². The molecule has 0 saturated carbocycles. The van der Waals surface area contributed by atoms with Crippen molar-refractivity contribution in [3.8, 4) is 22.7 Å². The molecule has 5 rings (SSSR count). The molecule has 1 atom stereocenters. The summed E-state index contributed by atoms with van der Waals surface area (Å²) in [5.41, 5.74) is 7.55. The first-order valence-electron chi connectivity index (χ1n) is 11.6. The predicted octanol–water partition coefficient (Wildman–Crippen LogP) is 4.48. The van der Waals surface area contributed by atoms with Gasteiger partial charge >= 0.3 is 0 Å². The molecular weight excluding hydrogens is 400 g/mol. The first kappa shape index (κ1) is 20.8. The summed E-state index contributed by atoms with van der Waals surface area (Å²) in [5, 5.41) is 3.06. The second kappa shape index (κ2) is 9.21. The van der Waals surface area contributed by atoms with Crippen molar-refractivity contribution in [1.82, 2.24) is 9.88 Å². The highest BCUT2D eigenvalue weighted by Crippen LogP contribution is 2.38. The van der Waals surface area contributed by atoms with E-state index >= 15 is 0 Å². The quantitative estimate of drug-likeness (QED) is 0.601. The Labute approximate surface area is 189 Å². The maximum absolute atomic E-state index is 12.6. The van der Waals surface area contributed by atoms with Crippen LogP contribution in [0.4, 0.5) is 0 Å². The van der Waals surface area contributed by atoms with Crippen LogP contribution in [-0.4, -0.2) is 36.8 Å². The molecular formula is C27H30N2O3.